The summed E-state index contributed by atoms with van der Waals surface area (Å²) in [5.41, 5.74) is 3.64. The molecule has 0 aliphatic heterocycles. The summed E-state index contributed by atoms with van der Waals surface area (Å²) in [7, 11) is 0. The second-order valence-corrected chi connectivity index (χ2v) is 8.38. The van der Waals surface area contributed by atoms with E-state index in [0.717, 1.165) is 5.56 Å². The maximum absolute atomic E-state index is 12.6. The number of anilines is 1. The zero-order valence-electron chi connectivity index (χ0n) is 17.8. The molecule has 29 heavy (non-hydrogen) atoms. The molecule has 5 heteroatoms. The van der Waals surface area contributed by atoms with Crippen molar-refractivity contribution < 1.29 is 9.53 Å². The van der Waals surface area contributed by atoms with Crippen molar-refractivity contribution in [3.63, 3.8) is 0 Å². The third-order valence-electron chi connectivity index (χ3n) is 4.82. The summed E-state index contributed by atoms with van der Waals surface area (Å²) >= 11 is 0. The fourth-order valence-electron chi connectivity index (χ4n) is 2.95. The lowest BCUT2D eigenvalue weighted by Crippen LogP contribution is -2.31. The Morgan fingerprint density at radius 3 is 2.34 bits per heavy atom. The first-order valence-electron chi connectivity index (χ1n) is 9.88. The lowest BCUT2D eigenvalue weighted by molar-refractivity contribution is -0.122. The molecule has 0 bridgehead atoms. The molecule has 152 valence electrons. The van der Waals surface area contributed by atoms with Gasteiger partial charge in [-0.1, -0.05) is 62.7 Å². The van der Waals surface area contributed by atoms with Crippen LogP contribution in [0, 0.1) is 6.92 Å². The first-order valence-corrected chi connectivity index (χ1v) is 9.88. The molecule has 0 saturated heterocycles. The average molecular weight is 392 g/mol. The molecule has 0 aliphatic rings. The van der Waals surface area contributed by atoms with Gasteiger partial charge in [-0.2, -0.15) is 5.10 Å². The summed E-state index contributed by atoms with van der Waals surface area (Å²) in [5, 5.41) is 7.24. The maximum atomic E-state index is 12.6. The monoisotopic (exact) mass is 391 g/mol. The van der Waals surface area contributed by atoms with Crippen LogP contribution in [-0.4, -0.2) is 21.8 Å². The van der Waals surface area contributed by atoms with Gasteiger partial charge in [-0.15, -0.1) is 0 Å². The highest BCUT2D eigenvalue weighted by molar-refractivity contribution is 5.93. The molecule has 5 nitrogen and oxygen atoms in total. The molecule has 0 aliphatic carbocycles. The van der Waals surface area contributed by atoms with E-state index in [4.69, 9.17) is 4.74 Å². The summed E-state index contributed by atoms with van der Waals surface area (Å²) in [6, 6.07) is 17.9. The topological polar surface area (TPSA) is 56.2 Å². The van der Waals surface area contributed by atoms with E-state index in [1.54, 1.807) is 23.9 Å². The lowest BCUT2D eigenvalue weighted by Gasteiger charge is -2.20. The van der Waals surface area contributed by atoms with E-state index < -0.39 is 6.10 Å². The number of amides is 1. The fourth-order valence-corrected chi connectivity index (χ4v) is 2.95. The average Bonchev–Trinajstić information content (AvgIpc) is 3.10. The third-order valence-corrected chi connectivity index (χ3v) is 4.82. The van der Waals surface area contributed by atoms with Crippen LogP contribution < -0.4 is 10.1 Å². The minimum atomic E-state index is -0.627. The molecule has 1 aromatic heterocycles. The molecular weight excluding hydrogens is 362 g/mol. The number of carbonyl (C=O) groups is 1. The summed E-state index contributed by atoms with van der Waals surface area (Å²) in [6.45, 7) is 10.9. The van der Waals surface area contributed by atoms with Crippen LogP contribution in [-0.2, 0) is 16.8 Å². The highest BCUT2D eigenvalue weighted by Crippen LogP contribution is 2.24. The number of hydrogen-bond donors (Lipinski definition) is 1. The molecule has 1 heterocycles. The van der Waals surface area contributed by atoms with Gasteiger partial charge in [-0.25, -0.2) is 4.68 Å². The fraction of sp³-hybridized carbons (Fsp3) is 0.333. The van der Waals surface area contributed by atoms with Crippen LogP contribution >= 0.6 is 0 Å². The Morgan fingerprint density at radius 2 is 1.72 bits per heavy atom. The third kappa shape index (κ3) is 5.47. The Bertz CT molecular complexity index is 951. The molecule has 2 aromatic carbocycles. The lowest BCUT2D eigenvalue weighted by atomic mass is 9.87. The van der Waals surface area contributed by atoms with Crippen molar-refractivity contribution in [3.8, 4) is 5.75 Å². The number of rotatable bonds is 6. The standard InChI is InChI=1S/C24H29N3O2/c1-17-6-8-19(9-7-17)16-27-22(14-15-25-27)26-23(28)18(2)29-21-12-10-20(11-13-21)24(3,4)5/h6-15,18H,16H2,1-5H3,(H,26,28)/t18-/m1/s1. The van der Waals surface area contributed by atoms with Crippen LogP contribution in [0.25, 0.3) is 0 Å². The minimum absolute atomic E-state index is 0.0807. The van der Waals surface area contributed by atoms with Crippen LogP contribution in [0.15, 0.2) is 60.8 Å². The van der Waals surface area contributed by atoms with E-state index in [-0.39, 0.29) is 11.3 Å². The second-order valence-electron chi connectivity index (χ2n) is 8.38. The van der Waals surface area contributed by atoms with Crippen molar-refractivity contribution in [2.45, 2.75) is 52.7 Å². The zero-order chi connectivity index (χ0) is 21.0. The number of aryl methyl sites for hydroxylation is 1. The van der Waals surface area contributed by atoms with Crippen molar-refractivity contribution >= 4 is 11.7 Å². The molecule has 3 aromatic rings. The molecule has 1 N–H and O–H groups in total. The van der Waals surface area contributed by atoms with E-state index in [9.17, 15) is 4.79 Å². The van der Waals surface area contributed by atoms with Gasteiger partial charge in [0.15, 0.2) is 6.10 Å². The van der Waals surface area contributed by atoms with Gasteiger partial charge in [0.25, 0.3) is 5.91 Å². The zero-order valence-corrected chi connectivity index (χ0v) is 17.8. The molecule has 0 radical (unpaired) electrons. The highest BCUT2D eigenvalue weighted by atomic mass is 16.5. The van der Waals surface area contributed by atoms with E-state index >= 15 is 0 Å². The van der Waals surface area contributed by atoms with Crippen LogP contribution in [0.2, 0.25) is 0 Å². The van der Waals surface area contributed by atoms with Crippen LogP contribution in [0.4, 0.5) is 5.82 Å². The molecule has 3 rings (SSSR count). The number of nitrogens with zero attached hydrogens (tertiary/aromatic N) is 2. The van der Waals surface area contributed by atoms with Crippen LogP contribution in [0.5, 0.6) is 5.75 Å². The van der Waals surface area contributed by atoms with Gasteiger partial charge in [-0.05, 0) is 42.5 Å². The Kier molecular flexibility index (Phi) is 6.06. The van der Waals surface area contributed by atoms with E-state index in [2.05, 4.69) is 62.4 Å². The van der Waals surface area contributed by atoms with Crippen molar-refractivity contribution in [1.82, 2.24) is 9.78 Å². The van der Waals surface area contributed by atoms with Crippen molar-refractivity contribution in [2.75, 3.05) is 5.32 Å². The van der Waals surface area contributed by atoms with Gasteiger partial charge in [-0.3, -0.25) is 4.79 Å². The van der Waals surface area contributed by atoms with Gasteiger partial charge in [0.1, 0.15) is 11.6 Å². The van der Waals surface area contributed by atoms with Gasteiger partial charge in [0.05, 0.1) is 12.7 Å². The predicted octanol–water partition coefficient (Wildman–Crippen LogP) is 4.94. The molecule has 0 fully saturated rings. The summed E-state index contributed by atoms with van der Waals surface area (Å²) in [5.74, 6) is 1.11. The Labute approximate surface area is 172 Å². The predicted molar refractivity (Wildman–Crippen MR) is 116 cm³/mol. The molecule has 1 amide bonds. The number of hydrogen-bond acceptors (Lipinski definition) is 3. The molecular formula is C24H29N3O2. The maximum Gasteiger partial charge on any atom is 0.266 e. The quantitative estimate of drug-likeness (QED) is 0.647. The first kappa shape index (κ1) is 20.6. The highest BCUT2D eigenvalue weighted by Gasteiger charge is 2.18. The molecule has 0 unspecified atom stereocenters. The second kappa shape index (κ2) is 8.52. The SMILES string of the molecule is Cc1ccc(Cn2nccc2NC(=O)[C@@H](C)Oc2ccc(C(C)(C)C)cc2)cc1. The summed E-state index contributed by atoms with van der Waals surface area (Å²) < 4.78 is 7.59. The Hall–Kier alpha value is -3.08. The smallest absolute Gasteiger partial charge is 0.266 e. The van der Waals surface area contributed by atoms with E-state index in [1.807, 2.05) is 24.3 Å². The molecule has 1 atom stereocenters. The van der Waals surface area contributed by atoms with Crippen molar-refractivity contribution in [1.29, 1.82) is 0 Å². The van der Waals surface area contributed by atoms with Crippen molar-refractivity contribution in [3.05, 3.63) is 77.5 Å². The van der Waals surface area contributed by atoms with Crippen LogP contribution in [0.1, 0.15) is 44.4 Å². The summed E-state index contributed by atoms with van der Waals surface area (Å²) in [6.07, 6.45) is 1.05. The van der Waals surface area contributed by atoms with Gasteiger partial charge in [0, 0.05) is 6.07 Å². The number of nitrogens with one attached hydrogen (secondary N) is 1. The van der Waals surface area contributed by atoms with Gasteiger partial charge in [0.2, 0.25) is 0 Å². The number of aromatic nitrogens is 2. The van der Waals surface area contributed by atoms with Gasteiger partial charge >= 0.3 is 0 Å². The van der Waals surface area contributed by atoms with Gasteiger partial charge < -0.3 is 10.1 Å². The van der Waals surface area contributed by atoms with E-state index in [1.165, 1.54) is 11.1 Å². The first-order chi connectivity index (χ1) is 13.7. The number of carbonyl (C=O) groups excluding carboxylic acids is 1. The Balaban J connectivity index is 1.61. The minimum Gasteiger partial charge on any atom is -0.481 e. The Morgan fingerprint density at radius 1 is 1.07 bits per heavy atom. The molecule has 0 saturated carbocycles. The van der Waals surface area contributed by atoms with Crippen LogP contribution in [0.3, 0.4) is 0 Å². The largest absolute Gasteiger partial charge is 0.481 e. The normalized spacial score (nSPS) is 12.4. The number of benzene rings is 2. The van der Waals surface area contributed by atoms with Crippen molar-refractivity contribution in [2.24, 2.45) is 0 Å². The van der Waals surface area contributed by atoms with E-state index in [0.29, 0.717) is 18.1 Å². The summed E-state index contributed by atoms with van der Waals surface area (Å²) in [4.78, 5) is 12.6. The number of ether oxygens (including phenoxy) is 1. The molecule has 0 spiro atoms.